The fourth-order valence-corrected chi connectivity index (χ4v) is 2.63. The lowest BCUT2D eigenvalue weighted by Crippen LogP contribution is -2.05. The summed E-state index contributed by atoms with van der Waals surface area (Å²) >= 11 is 9.72. The number of rotatable bonds is 4. The van der Waals surface area contributed by atoms with Crippen molar-refractivity contribution in [3.8, 4) is 11.5 Å². The zero-order chi connectivity index (χ0) is 14.7. The maximum absolute atomic E-state index is 6.16. The highest BCUT2D eigenvalue weighted by molar-refractivity contribution is 9.10. The second-order valence-corrected chi connectivity index (χ2v) is 5.99. The van der Waals surface area contributed by atoms with Gasteiger partial charge < -0.3 is 10.1 Å². The van der Waals surface area contributed by atoms with Crippen molar-refractivity contribution in [2.75, 3.05) is 7.05 Å². The van der Waals surface area contributed by atoms with Crippen LogP contribution in [0.3, 0.4) is 0 Å². The SMILES string of the molecule is CNCc1ccc(Oc2cc(C)c(Cl)c(C)c2)cc1Br. The van der Waals surface area contributed by atoms with Gasteiger partial charge in [0, 0.05) is 16.0 Å². The fraction of sp³-hybridized carbons (Fsp3) is 0.250. The van der Waals surface area contributed by atoms with Crippen molar-refractivity contribution in [1.82, 2.24) is 5.32 Å². The molecule has 106 valence electrons. The van der Waals surface area contributed by atoms with E-state index in [-0.39, 0.29) is 0 Å². The number of hydrogen-bond acceptors (Lipinski definition) is 2. The lowest BCUT2D eigenvalue weighted by atomic mass is 10.1. The predicted octanol–water partition coefficient (Wildman–Crippen LogP) is 5.23. The summed E-state index contributed by atoms with van der Waals surface area (Å²) in [5.74, 6) is 1.61. The third-order valence-electron chi connectivity index (χ3n) is 3.04. The van der Waals surface area contributed by atoms with Gasteiger partial charge in [-0.25, -0.2) is 0 Å². The van der Waals surface area contributed by atoms with Crippen LogP contribution in [0.25, 0.3) is 0 Å². The van der Waals surface area contributed by atoms with E-state index in [2.05, 4.69) is 21.2 Å². The Kier molecular flexibility index (Phi) is 5.08. The number of halogens is 2. The van der Waals surface area contributed by atoms with Crippen LogP contribution in [-0.2, 0) is 6.54 Å². The lowest BCUT2D eigenvalue weighted by Gasteiger charge is -2.11. The molecule has 20 heavy (non-hydrogen) atoms. The van der Waals surface area contributed by atoms with Crippen molar-refractivity contribution in [3.05, 3.63) is 56.5 Å². The third kappa shape index (κ3) is 3.54. The molecule has 0 saturated carbocycles. The van der Waals surface area contributed by atoms with Crippen LogP contribution in [-0.4, -0.2) is 7.05 Å². The monoisotopic (exact) mass is 353 g/mol. The molecule has 0 unspecified atom stereocenters. The summed E-state index contributed by atoms with van der Waals surface area (Å²) in [7, 11) is 1.93. The third-order valence-corrected chi connectivity index (χ3v) is 4.37. The molecule has 0 aliphatic rings. The Morgan fingerprint density at radius 2 is 1.75 bits per heavy atom. The van der Waals surface area contributed by atoms with E-state index in [0.29, 0.717) is 0 Å². The van der Waals surface area contributed by atoms with Crippen LogP contribution in [0.2, 0.25) is 5.02 Å². The zero-order valence-corrected chi connectivity index (χ0v) is 14.1. The van der Waals surface area contributed by atoms with E-state index in [4.69, 9.17) is 16.3 Å². The number of benzene rings is 2. The molecule has 0 fully saturated rings. The normalized spacial score (nSPS) is 10.7. The van der Waals surface area contributed by atoms with Gasteiger partial charge in [-0.15, -0.1) is 0 Å². The molecule has 0 bridgehead atoms. The first-order valence-corrected chi connectivity index (χ1v) is 7.56. The van der Waals surface area contributed by atoms with E-state index in [1.807, 2.05) is 51.2 Å². The van der Waals surface area contributed by atoms with Gasteiger partial charge >= 0.3 is 0 Å². The smallest absolute Gasteiger partial charge is 0.128 e. The molecular weight excluding hydrogens is 338 g/mol. The van der Waals surface area contributed by atoms with E-state index >= 15 is 0 Å². The molecular formula is C16H17BrClNO. The van der Waals surface area contributed by atoms with Crippen LogP contribution < -0.4 is 10.1 Å². The molecule has 0 radical (unpaired) electrons. The van der Waals surface area contributed by atoms with Crippen LogP contribution >= 0.6 is 27.5 Å². The molecule has 0 saturated heterocycles. The van der Waals surface area contributed by atoms with E-state index in [1.165, 1.54) is 5.56 Å². The second-order valence-electron chi connectivity index (χ2n) is 4.76. The van der Waals surface area contributed by atoms with Gasteiger partial charge in [-0.1, -0.05) is 33.6 Å². The zero-order valence-electron chi connectivity index (χ0n) is 11.8. The van der Waals surface area contributed by atoms with Gasteiger partial charge in [0.05, 0.1) is 0 Å². The largest absolute Gasteiger partial charge is 0.457 e. The summed E-state index contributed by atoms with van der Waals surface area (Å²) in [5.41, 5.74) is 3.24. The molecule has 2 nitrogen and oxygen atoms in total. The lowest BCUT2D eigenvalue weighted by molar-refractivity contribution is 0.481. The highest BCUT2D eigenvalue weighted by Crippen LogP contribution is 2.31. The highest BCUT2D eigenvalue weighted by atomic mass is 79.9. The molecule has 0 atom stereocenters. The van der Waals surface area contributed by atoms with Crippen molar-refractivity contribution in [2.24, 2.45) is 0 Å². The van der Waals surface area contributed by atoms with Crippen molar-refractivity contribution in [3.63, 3.8) is 0 Å². The van der Waals surface area contributed by atoms with Gasteiger partial charge in [0.25, 0.3) is 0 Å². The van der Waals surface area contributed by atoms with E-state index in [0.717, 1.165) is 38.7 Å². The summed E-state index contributed by atoms with van der Waals surface area (Å²) in [6.45, 7) is 4.78. The Hall–Kier alpha value is -1.03. The molecule has 0 aromatic heterocycles. The van der Waals surface area contributed by atoms with Crippen molar-refractivity contribution < 1.29 is 4.74 Å². The average molecular weight is 355 g/mol. The summed E-state index contributed by atoms with van der Waals surface area (Å²) in [6, 6.07) is 9.89. The summed E-state index contributed by atoms with van der Waals surface area (Å²) in [5, 5.41) is 3.92. The molecule has 0 aliphatic carbocycles. The van der Waals surface area contributed by atoms with Crippen LogP contribution in [0.5, 0.6) is 11.5 Å². The molecule has 0 amide bonds. The minimum atomic E-state index is 0.794. The van der Waals surface area contributed by atoms with E-state index in [9.17, 15) is 0 Å². The van der Waals surface area contributed by atoms with Gasteiger partial charge in [0.2, 0.25) is 0 Å². The van der Waals surface area contributed by atoms with Crippen molar-refractivity contribution in [1.29, 1.82) is 0 Å². The van der Waals surface area contributed by atoms with Crippen LogP contribution in [0.1, 0.15) is 16.7 Å². The van der Waals surface area contributed by atoms with Gasteiger partial charge in [-0.2, -0.15) is 0 Å². The first-order chi connectivity index (χ1) is 9.51. The minimum absolute atomic E-state index is 0.794. The summed E-state index contributed by atoms with van der Waals surface area (Å²) < 4.78 is 6.93. The average Bonchev–Trinajstić information content (AvgIpc) is 2.39. The molecule has 0 heterocycles. The topological polar surface area (TPSA) is 21.3 Å². The summed E-state index contributed by atoms with van der Waals surface area (Å²) in [4.78, 5) is 0. The molecule has 1 N–H and O–H groups in total. The predicted molar refractivity (Wildman–Crippen MR) is 87.9 cm³/mol. The Morgan fingerprint density at radius 1 is 1.10 bits per heavy atom. The molecule has 2 aromatic carbocycles. The van der Waals surface area contributed by atoms with Gasteiger partial charge in [-0.3, -0.25) is 0 Å². The van der Waals surface area contributed by atoms with Gasteiger partial charge in [-0.05, 0) is 61.9 Å². The first-order valence-electron chi connectivity index (χ1n) is 6.39. The van der Waals surface area contributed by atoms with E-state index in [1.54, 1.807) is 0 Å². The van der Waals surface area contributed by atoms with Crippen molar-refractivity contribution >= 4 is 27.5 Å². The number of nitrogens with one attached hydrogen (secondary N) is 1. The maximum Gasteiger partial charge on any atom is 0.128 e. The number of ether oxygens (including phenoxy) is 1. The number of hydrogen-bond donors (Lipinski definition) is 1. The number of aryl methyl sites for hydroxylation is 2. The van der Waals surface area contributed by atoms with Crippen molar-refractivity contribution in [2.45, 2.75) is 20.4 Å². The molecule has 0 aliphatic heterocycles. The van der Waals surface area contributed by atoms with Gasteiger partial charge in [0.15, 0.2) is 0 Å². The molecule has 2 rings (SSSR count). The Bertz CT molecular complexity index is 605. The molecule has 2 aromatic rings. The van der Waals surface area contributed by atoms with E-state index < -0.39 is 0 Å². The Morgan fingerprint density at radius 3 is 2.30 bits per heavy atom. The minimum Gasteiger partial charge on any atom is -0.457 e. The van der Waals surface area contributed by atoms with Gasteiger partial charge in [0.1, 0.15) is 11.5 Å². The molecule has 0 spiro atoms. The van der Waals surface area contributed by atoms with Crippen LogP contribution in [0.4, 0.5) is 0 Å². The maximum atomic E-state index is 6.16. The quantitative estimate of drug-likeness (QED) is 0.811. The second kappa shape index (κ2) is 6.61. The molecule has 4 heteroatoms. The Balaban J connectivity index is 2.24. The first kappa shape index (κ1) is 15.4. The Labute approximate surface area is 133 Å². The highest BCUT2D eigenvalue weighted by Gasteiger charge is 2.06. The summed E-state index contributed by atoms with van der Waals surface area (Å²) in [6.07, 6.45) is 0. The van der Waals surface area contributed by atoms with Crippen LogP contribution in [0.15, 0.2) is 34.8 Å². The van der Waals surface area contributed by atoms with Crippen LogP contribution in [0, 0.1) is 13.8 Å². The fourth-order valence-electron chi connectivity index (χ4n) is 2.03. The standard InChI is InChI=1S/C16H17BrClNO/c1-10-6-14(7-11(2)16(10)18)20-13-5-4-12(9-19-3)15(17)8-13/h4-8,19H,9H2,1-3H3.